The highest BCUT2D eigenvalue weighted by Gasteiger charge is 2.40. The number of nitrogens with two attached hydrogens (primary N) is 1. The Morgan fingerprint density at radius 2 is 1.80 bits per heavy atom. The van der Waals surface area contributed by atoms with Gasteiger partial charge in [-0.1, -0.05) is 0 Å². The summed E-state index contributed by atoms with van der Waals surface area (Å²) in [5.74, 6) is 0.489. The number of aliphatic hydroxyl groups is 1. The first-order chi connectivity index (χ1) is 9.40. The lowest BCUT2D eigenvalue weighted by molar-refractivity contribution is -0.130. The van der Waals surface area contributed by atoms with Crippen molar-refractivity contribution in [2.24, 2.45) is 17.6 Å². The summed E-state index contributed by atoms with van der Waals surface area (Å²) in [5, 5.41) is 9.92. The van der Waals surface area contributed by atoms with Gasteiger partial charge in [0.25, 0.3) is 0 Å². The molecule has 1 saturated heterocycles. The van der Waals surface area contributed by atoms with E-state index in [1.165, 1.54) is 0 Å². The van der Waals surface area contributed by atoms with Crippen LogP contribution in [0.4, 0.5) is 0 Å². The van der Waals surface area contributed by atoms with E-state index in [4.69, 9.17) is 28.9 Å². The third kappa shape index (κ3) is 3.59. The number of aliphatic hydroxyl groups excluding tert-OH is 1. The zero-order valence-electron chi connectivity index (χ0n) is 11.8. The molecule has 20 heavy (non-hydrogen) atoms. The lowest BCUT2D eigenvalue weighted by atomic mass is 9.74. The van der Waals surface area contributed by atoms with Crippen molar-refractivity contribution < 1.29 is 9.90 Å². The number of likely N-dealkylation sites (tertiary alicyclic amines) is 1. The van der Waals surface area contributed by atoms with Crippen molar-refractivity contribution in [1.29, 1.82) is 0 Å². The molecule has 0 aromatic rings. The van der Waals surface area contributed by atoms with E-state index < -0.39 is 6.10 Å². The van der Waals surface area contributed by atoms with Gasteiger partial charge in [0, 0.05) is 32.0 Å². The number of nitrogens with zero attached hydrogens (tertiary/aromatic N) is 1. The Balaban J connectivity index is 1.91. The third-order valence-corrected chi connectivity index (χ3v) is 5.97. The molecule has 6 heteroatoms. The highest BCUT2D eigenvalue weighted by atomic mass is 35.5. The van der Waals surface area contributed by atoms with Crippen molar-refractivity contribution in [1.82, 2.24) is 4.90 Å². The molecule has 1 saturated carbocycles. The van der Waals surface area contributed by atoms with Gasteiger partial charge in [0.2, 0.25) is 5.91 Å². The molecule has 1 aliphatic heterocycles. The quantitative estimate of drug-likeness (QED) is 0.758. The van der Waals surface area contributed by atoms with Gasteiger partial charge in [-0.3, -0.25) is 4.79 Å². The summed E-state index contributed by atoms with van der Waals surface area (Å²) in [6.07, 6.45) is 2.53. The van der Waals surface area contributed by atoms with Crippen molar-refractivity contribution in [3.63, 3.8) is 0 Å². The Hall–Kier alpha value is -0.0300. The summed E-state index contributed by atoms with van der Waals surface area (Å²) in [6, 6.07) is -0.0653. The first-order valence-electron chi connectivity index (χ1n) is 7.37. The summed E-state index contributed by atoms with van der Waals surface area (Å²) >= 11 is 12.3. The molecule has 1 amide bonds. The number of rotatable bonds is 2. The minimum atomic E-state index is -0.465. The topological polar surface area (TPSA) is 66.6 Å². The van der Waals surface area contributed by atoms with E-state index in [9.17, 15) is 9.90 Å². The molecule has 1 heterocycles. The van der Waals surface area contributed by atoms with Crippen LogP contribution in [0.1, 0.15) is 32.6 Å². The predicted molar refractivity (Wildman–Crippen MR) is 81.0 cm³/mol. The number of hydrogen-bond donors (Lipinski definition) is 2. The van der Waals surface area contributed by atoms with Crippen molar-refractivity contribution >= 4 is 29.1 Å². The van der Waals surface area contributed by atoms with Crippen molar-refractivity contribution in [2.75, 3.05) is 13.1 Å². The second kappa shape index (κ2) is 6.82. The lowest BCUT2D eigenvalue weighted by Crippen LogP contribution is -2.51. The molecular weight excluding hydrogens is 299 g/mol. The van der Waals surface area contributed by atoms with Crippen molar-refractivity contribution in [3.8, 4) is 0 Å². The zero-order valence-corrected chi connectivity index (χ0v) is 13.4. The highest BCUT2D eigenvalue weighted by Crippen LogP contribution is 2.36. The largest absolute Gasteiger partial charge is 0.393 e. The maximum atomic E-state index is 11.3. The minimum Gasteiger partial charge on any atom is -0.393 e. The first-order valence-corrected chi connectivity index (χ1v) is 8.24. The van der Waals surface area contributed by atoms with Crippen LogP contribution in [0.15, 0.2) is 0 Å². The molecule has 5 atom stereocenters. The van der Waals surface area contributed by atoms with Gasteiger partial charge in [-0.05, 0) is 31.6 Å². The number of halogens is 2. The molecule has 116 valence electrons. The molecular formula is C14H24Cl2N2O2. The highest BCUT2D eigenvalue weighted by molar-refractivity contribution is 6.30. The van der Waals surface area contributed by atoms with Crippen LogP contribution < -0.4 is 5.73 Å². The molecule has 5 unspecified atom stereocenters. The predicted octanol–water partition coefficient (Wildman–Crippen LogP) is 1.56. The molecule has 0 radical (unpaired) electrons. The third-order valence-electron chi connectivity index (χ3n) is 4.87. The van der Waals surface area contributed by atoms with Crippen LogP contribution in [0.2, 0.25) is 0 Å². The van der Waals surface area contributed by atoms with Crippen LogP contribution >= 0.6 is 23.2 Å². The van der Waals surface area contributed by atoms with E-state index in [0.29, 0.717) is 18.8 Å². The lowest BCUT2D eigenvalue weighted by Gasteiger charge is -2.42. The second-order valence-corrected chi connectivity index (χ2v) is 7.28. The number of piperidine rings is 1. The van der Waals surface area contributed by atoms with Gasteiger partial charge in [-0.15, -0.1) is 23.2 Å². The van der Waals surface area contributed by atoms with E-state index in [0.717, 1.165) is 25.9 Å². The van der Waals surface area contributed by atoms with Gasteiger partial charge in [0.15, 0.2) is 0 Å². The molecule has 2 fully saturated rings. The molecule has 4 nitrogen and oxygen atoms in total. The summed E-state index contributed by atoms with van der Waals surface area (Å²) in [5.41, 5.74) is 6.38. The first kappa shape index (κ1) is 16.3. The number of hydrogen-bond acceptors (Lipinski definition) is 3. The maximum absolute atomic E-state index is 11.3. The monoisotopic (exact) mass is 322 g/mol. The second-order valence-electron chi connectivity index (χ2n) is 6.16. The fraction of sp³-hybridized carbons (Fsp3) is 0.929. The molecule has 0 aromatic carbocycles. The average molecular weight is 323 g/mol. The molecule has 3 N–H and O–H groups in total. The molecule has 2 rings (SSSR count). The summed E-state index contributed by atoms with van der Waals surface area (Å²) in [4.78, 5) is 13.2. The Morgan fingerprint density at radius 1 is 1.25 bits per heavy atom. The number of carbonyl (C=O) groups excluding carboxylic acids is 1. The van der Waals surface area contributed by atoms with Crippen LogP contribution in [0.5, 0.6) is 0 Å². The van der Waals surface area contributed by atoms with Crippen LogP contribution in [0.3, 0.4) is 0 Å². The van der Waals surface area contributed by atoms with Gasteiger partial charge in [0.1, 0.15) is 0 Å². The standard InChI is InChI=1S/C14H24Cl2N2O2/c1-8(19)18-4-2-9(3-5-18)14(17)10-6-11(15)12(16)7-13(10)20/h9-14,20H,2-7,17H2,1H3. The maximum Gasteiger partial charge on any atom is 0.219 e. The van der Waals surface area contributed by atoms with Crippen molar-refractivity contribution in [2.45, 2.75) is 55.5 Å². The van der Waals surface area contributed by atoms with E-state index in [1.807, 2.05) is 4.90 Å². The van der Waals surface area contributed by atoms with Gasteiger partial charge in [-0.2, -0.15) is 0 Å². The SMILES string of the molecule is CC(=O)N1CCC(C(N)C2CC(Cl)C(Cl)CC2O)CC1. The summed E-state index contributed by atoms with van der Waals surface area (Å²) in [7, 11) is 0. The van der Waals surface area contributed by atoms with Crippen LogP contribution in [0, 0.1) is 11.8 Å². The van der Waals surface area contributed by atoms with Crippen LogP contribution in [0.25, 0.3) is 0 Å². The number of carbonyl (C=O) groups is 1. The smallest absolute Gasteiger partial charge is 0.219 e. The molecule has 0 spiro atoms. The minimum absolute atomic E-state index is 0.0152. The molecule has 0 bridgehead atoms. The fourth-order valence-corrected chi connectivity index (χ4v) is 4.07. The normalized spacial score (nSPS) is 37.8. The Morgan fingerprint density at radius 3 is 2.35 bits per heavy atom. The van der Waals surface area contributed by atoms with Crippen LogP contribution in [-0.2, 0) is 4.79 Å². The fourth-order valence-electron chi connectivity index (χ4n) is 3.48. The zero-order chi connectivity index (χ0) is 14.9. The van der Waals surface area contributed by atoms with Gasteiger partial charge < -0.3 is 15.7 Å². The molecule has 2 aliphatic rings. The van der Waals surface area contributed by atoms with Crippen LogP contribution in [-0.4, -0.2) is 51.9 Å². The number of alkyl halides is 2. The van der Waals surface area contributed by atoms with E-state index in [2.05, 4.69) is 0 Å². The number of amides is 1. The molecule has 0 aromatic heterocycles. The van der Waals surface area contributed by atoms with Gasteiger partial charge in [0.05, 0.1) is 16.9 Å². The Kier molecular flexibility index (Phi) is 5.57. The van der Waals surface area contributed by atoms with E-state index in [1.54, 1.807) is 6.92 Å². The average Bonchev–Trinajstić information content (AvgIpc) is 2.42. The van der Waals surface area contributed by atoms with Crippen molar-refractivity contribution in [3.05, 3.63) is 0 Å². The summed E-state index contributed by atoms with van der Waals surface area (Å²) in [6.45, 7) is 3.13. The van der Waals surface area contributed by atoms with Gasteiger partial charge in [-0.25, -0.2) is 0 Å². The van der Waals surface area contributed by atoms with Gasteiger partial charge >= 0.3 is 0 Å². The molecule has 1 aliphatic carbocycles. The van der Waals surface area contributed by atoms with E-state index >= 15 is 0 Å². The summed E-state index contributed by atoms with van der Waals surface area (Å²) < 4.78 is 0. The van der Waals surface area contributed by atoms with E-state index in [-0.39, 0.29) is 28.6 Å². The Labute approximate surface area is 130 Å². The Bertz CT molecular complexity index is 348.